The van der Waals surface area contributed by atoms with E-state index in [1.807, 2.05) is 31.2 Å². The molecule has 0 aliphatic carbocycles. The van der Waals surface area contributed by atoms with Crippen molar-refractivity contribution in [2.24, 2.45) is 0 Å². The minimum atomic E-state index is 0.688. The quantitative estimate of drug-likeness (QED) is 0.714. The SMILES string of the molecule is CCOC=Cc1ccc2ncncc2c1. The minimum Gasteiger partial charge on any atom is -0.501 e. The second-order valence-corrected chi connectivity index (χ2v) is 3.10. The highest BCUT2D eigenvalue weighted by atomic mass is 16.5. The predicted molar refractivity (Wildman–Crippen MR) is 60.2 cm³/mol. The Hall–Kier alpha value is -1.90. The molecule has 0 aliphatic heterocycles. The van der Waals surface area contributed by atoms with E-state index in [1.165, 1.54) is 0 Å². The molecule has 3 nitrogen and oxygen atoms in total. The van der Waals surface area contributed by atoms with E-state index in [0.29, 0.717) is 6.61 Å². The van der Waals surface area contributed by atoms with E-state index in [2.05, 4.69) is 9.97 Å². The van der Waals surface area contributed by atoms with Crippen LogP contribution in [0.15, 0.2) is 37.0 Å². The molecular formula is C12H12N2O. The van der Waals surface area contributed by atoms with Crippen molar-refractivity contribution in [1.29, 1.82) is 0 Å². The highest BCUT2D eigenvalue weighted by molar-refractivity contribution is 5.80. The van der Waals surface area contributed by atoms with Crippen LogP contribution in [0.4, 0.5) is 0 Å². The third-order valence-corrected chi connectivity index (χ3v) is 2.05. The summed E-state index contributed by atoms with van der Waals surface area (Å²) in [7, 11) is 0. The van der Waals surface area contributed by atoms with Crippen LogP contribution in [0, 0.1) is 0 Å². The van der Waals surface area contributed by atoms with Crippen LogP contribution in [-0.2, 0) is 4.74 Å². The van der Waals surface area contributed by atoms with Gasteiger partial charge in [-0.15, -0.1) is 0 Å². The molecule has 0 N–H and O–H groups in total. The fourth-order valence-electron chi connectivity index (χ4n) is 1.33. The van der Waals surface area contributed by atoms with Gasteiger partial charge in [-0.1, -0.05) is 6.07 Å². The fraction of sp³-hybridized carbons (Fsp3) is 0.167. The summed E-state index contributed by atoms with van der Waals surface area (Å²) in [5.74, 6) is 0. The summed E-state index contributed by atoms with van der Waals surface area (Å²) in [6.45, 7) is 2.64. The predicted octanol–water partition coefficient (Wildman–Crippen LogP) is 2.64. The Morgan fingerprint density at radius 1 is 1.40 bits per heavy atom. The molecule has 0 spiro atoms. The summed E-state index contributed by atoms with van der Waals surface area (Å²) in [6, 6.07) is 6.01. The summed E-state index contributed by atoms with van der Waals surface area (Å²) >= 11 is 0. The zero-order valence-electron chi connectivity index (χ0n) is 8.55. The van der Waals surface area contributed by atoms with Crippen LogP contribution in [0.2, 0.25) is 0 Å². The molecule has 1 aromatic carbocycles. The van der Waals surface area contributed by atoms with Crippen LogP contribution in [0.3, 0.4) is 0 Å². The molecule has 3 heteroatoms. The second-order valence-electron chi connectivity index (χ2n) is 3.10. The third-order valence-electron chi connectivity index (χ3n) is 2.05. The molecular weight excluding hydrogens is 188 g/mol. The third kappa shape index (κ3) is 2.31. The Morgan fingerprint density at radius 2 is 2.33 bits per heavy atom. The standard InChI is InChI=1S/C12H12N2O/c1-2-15-6-5-10-3-4-12-11(7-10)8-13-9-14-12/h3-9H,2H2,1H3. The van der Waals surface area contributed by atoms with Crippen molar-refractivity contribution >= 4 is 17.0 Å². The van der Waals surface area contributed by atoms with E-state index >= 15 is 0 Å². The van der Waals surface area contributed by atoms with Gasteiger partial charge in [0.1, 0.15) is 6.33 Å². The summed E-state index contributed by atoms with van der Waals surface area (Å²) in [5.41, 5.74) is 2.05. The van der Waals surface area contributed by atoms with Gasteiger partial charge in [-0.2, -0.15) is 0 Å². The molecule has 76 valence electrons. The summed E-state index contributed by atoms with van der Waals surface area (Å²) in [4.78, 5) is 8.14. The minimum absolute atomic E-state index is 0.688. The van der Waals surface area contributed by atoms with Crippen molar-refractivity contribution in [3.05, 3.63) is 42.5 Å². The number of aromatic nitrogens is 2. The summed E-state index contributed by atoms with van der Waals surface area (Å²) < 4.78 is 5.14. The van der Waals surface area contributed by atoms with Crippen LogP contribution in [0.5, 0.6) is 0 Å². The van der Waals surface area contributed by atoms with E-state index in [4.69, 9.17) is 4.74 Å². The zero-order valence-corrected chi connectivity index (χ0v) is 8.55. The van der Waals surface area contributed by atoms with E-state index < -0.39 is 0 Å². The maximum Gasteiger partial charge on any atom is 0.116 e. The Labute approximate surface area is 88.4 Å². The lowest BCUT2D eigenvalue weighted by molar-refractivity contribution is 0.272. The average Bonchev–Trinajstić information content (AvgIpc) is 2.29. The Balaban J connectivity index is 2.30. The van der Waals surface area contributed by atoms with Gasteiger partial charge in [-0.25, -0.2) is 9.97 Å². The Kier molecular flexibility index (Phi) is 2.93. The highest BCUT2D eigenvalue weighted by Gasteiger charge is 1.94. The van der Waals surface area contributed by atoms with Gasteiger partial charge >= 0.3 is 0 Å². The average molecular weight is 200 g/mol. The molecule has 1 heterocycles. The Bertz CT molecular complexity index is 480. The summed E-state index contributed by atoms with van der Waals surface area (Å²) in [6.07, 6.45) is 6.99. The molecule has 0 amide bonds. The van der Waals surface area contributed by atoms with Crippen molar-refractivity contribution in [3.8, 4) is 0 Å². The van der Waals surface area contributed by atoms with E-state index in [9.17, 15) is 0 Å². The number of hydrogen-bond acceptors (Lipinski definition) is 3. The van der Waals surface area contributed by atoms with Gasteiger partial charge in [0.15, 0.2) is 0 Å². The lowest BCUT2D eigenvalue weighted by Gasteiger charge is -1.98. The van der Waals surface area contributed by atoms with E-state index in [0.717, 1.165) is 16.5 Å². The number of rotatable bonds is 3. The fourth-order valence-corrected chi connectivity index (χ4v) is 1.33. The molecule has 1 aromatic heterocycles. The molecule has 0 saturated carbocycles. The van der Waals surface area contributed by atoms with Crippen LogP contribution in [-0.4, -0.2) is 16.6 Å². The first-order valence-corrected chi connectivity index (χ1v) is 4.88. The highest BCUT2D eigenvalue weighted by Crippen LogP contribution is 2.13. The lowest BCUT2D eigenvalue weighted by atomic mass is 10.1. The molecule has 0 saturated heterocycles. The smallest absolute Gasteiger partial charge is 0.116 e. The van der Waals surface area contributed by atoms with E-state index in [-0.39, 0.29) is 0 Å². The molecule has 15 heavy (non-hydrogen) atoms. The van der Waals surface area contributed by atoms with Crippen LogP contribution < -0.4 is 0 Å². The van der Waals surface area contributed by atoms with Crippen LogP contribution in [0.1, 0.15) is 12.5 Å². The van der Waals surface area contributed by atoms with Crippen LogP contribution in [0.25, 0.3) is 17.0 Å². The van der Waals surface area contributed by atoms with Gasteiger partial charge in [-0.05, 0) is 30.7 Å². The van der Waals surface area contributed by atoms with Crippen molar-refractivity contribution in [3.63, 3.8) is 0 Å². The molecule has 2 aromatic rings. The molecule has 0 unspecified atom stereocenters. The second kappa shape index (κ2) is 4.55. The normalized spacial score (nSPS) is 11.0. The number of ether oxygens (including phenoxy) is 1. The molecule has 0 bridgehead atoms. The lowest BCUT2D eigenvalue weighted by Crippen LogP contribution is -1.82. The number of fused-ring (bicyclic) bond motifs is 1. The van der Waals surface area contributed by atoms with Crippen molar-refractivity contribution in [2.45, 2.75) is 6.92 Å². The molecule has 0 fully saturated rings. The van der Waals surface area contributed by atoms with Gasteiger partial charge < -0.3 is 4.74 Å². The van der Waals surface area contributed by atoms with E-state index in [1.54, 1.807) is 18.8 Å². The first-order valence-electron chi connectivity index (χ1n) is 4.88. The van der Waals surface area contributed by atoms with Gasteiger partial charge in [0.2, 0.25) is 0 Å². The zero-order chi connectivity index (χ0) is 10.5. The van der Waals surface area contributed by atoms with Crippen LogP contribution >= 0.6 is 0 Å². The van der Waals surface area contributed by atoms with Crippen molar-refractivity contribution < 1.29 is 4.74 Å². The van der Waals surface area contributed by atoms with Crippen molar-refractivity contribution in [2.75, 3.05) is 6.61 Å². The number of benzene rings is 1. The maximum atomic E-state index is 5.14. The topological polar surface area (TPSA) is 35.0 Å². The first-order chi connectivity index (χ1) is 7.40. The van der Waals surface area contributed by atoms with Gasteiger partial charge in [0.25, 0.3) is 0 Å². The molecule has 0 aliphatic rings. The van der Waals surface area contributed by atoms with Crippen molar-refractivity contribution in [1.82, 2.24) is 9.97 Å². The monoisotopic (exact) mass is 200 g/mol. The molecule has 0 radical (unpaired) electrons. The molecule has 0 atom stereocenters. The number of nitrogens with zero attached hydrogens (tertiary/aromatic N) is 2. The van der Waals surface area contributed by atoms with Gasteiger partial charge in [-0.3, -0.25) is 0 Å². The van der Waals surface area contributed by atoms with Gasteiger partial charge in [0, 0.05) is 11.6 Å². The first kappa shape index (κ1) is 9.65. The van der Waals surface area contributed by atoms with Gasteiger partial charge in [0.05, 0.1) is 18.4 Å². The number of hydrogen-bond donors (Lipinski definition) is 0. The Morgan fingerprint density at radius 3 is 3.20 bits per heavy atom. The largest absolute Gasteiger partial charge is 0.501 e. The maximum absolute atomic E-state index is 5.14. The molecule has 2 rings (SSSR count). The summed E-state index contributed by atoms with van der Waals surface area (Å²) in [5, 5.41) is 1.04.